The maximum Gasteiger partial charge on any atom is 0.144 e. The molecule has 2 rings (SSSR count). The van der Waals surface area contributed by atoms with E-state index in [-0.39, 0.29) is 17.9 Å². The molecule has 0 N–H and O–H groups in total. The van der Waals surface area contributed by atoms with Gasteiger partial charge in [-0.1, -0.05) is 22.0 Å². The van der Waals surface area contributed by atoms with Gasteiger partial charge in [0.15, 0.2) is 0 Å². The number of benzene rings is 2. The van der Waals surface area contributed by atoms with Crippen LogP contribution in [-0.2, 0) is 6.61 Å². The van der Waals surface area contributed by atoms with Crippen LogP contribution in [0.25, 0.3) is 0 Å². The normalized spacial score (nSPS) is 9.90. The molecule has 0 unspecified atom stereocenters. The van der Waals surface area contributed by atoms with Crippen LogP contribution in [0.2, 0.25) is 0 Å². The van der Waals surface area contributed by atoms with Crippen molar-refractivity contribution in [3.63, 3.8) is 0 Å². The lowest BCUT2D eigenvalue weighted by molar-refractivity contribution is 0.294. The zero-order valence-electron chi connectivity index (χ0n) is 10.7. The molecular weight excluding hydrogens is 325 g/mol. The van der Waals surface area contributed by atoms with Gasteiger partial charge in [-0.2, -0.15) is 5.26 Å². The van der Waals surface area contributed by atoms with Crippen molar-refractivity contribution in [3.05, 3.63) is 57.8 Å². The number of nitriles is 1. The van der Waals surface area contributed by atoms with Crippen LogP contribution in [0, 0.1) is 17.1 Å². The summed E-state index contributed by atoms with van der Waals surface area (Å²) >= 11 is 3.37. The molecule has 0 heterocycles. The Kier molecular flexibility index (Phi) is 4.59. The van der Waals surface area contributed by atoms with Crippen molar-refractivity contribution in [2.45, 2.75) is 6.61 Å². The SMILES string of the molecule is COc1ccc(Br)cc1COc1cccc(F)c1C#N. The minimum atomic E-state index is -0.591. The summed E-state index contributed by atoms with van der Waals surface area (Å²) in [6.45, 7) is 0.181. The predicted octanol–water partition coefficient (Wildman–Crippen LogP) is 4.05. The number of methoxy groups -OCH3 is 1. The standard InChI is InChI=1S/C15H11BrFNO2/c1-19-14-6-5-11(16)7-10(14)9-20-15-4-2-3-13(17)12(15)8-18/h2-7H,9H2,1H3. The molecule has 0 aliphatic heterocycles. The van der Waals surface area contributed by atoms with Crippen molar-refractivity contribution >= 4 is 15.9 Å². The van der Waals surface area contributed by atoms with E-state index in [2.05, 4.69) is 15.9 Å². The summed E-state index contributed by atoms with van der Waals surface area (Å²) in [6.07, 6.45) is 0. The zero-order valence-corrected chi connectivity index (χ0v) is 12.3. The van der Waals surface area contributed by atoms with Gasteiger partial charge in [-0.15, -0.1) is 0 Å². The van der Waals surface area contributed by atoms with Gasteiger partial charge in [0.1, 0.15) is 35.6 Å². The highest BCUT2D eigenvalue weighted by Crippen LogP contribution is 2.26. The van der Waals surface area contributed by atoms with Crippen molar-refractivity contribution in [1.82, 2.24) is 0 Å². The third kappa shape index (κ3) is 3.09. The molecule has 2 aromatic carbocycles. The van der Waals surface area contributed by atoms with Gasteiger partial charge in [0.2, 0.25) is 0 Å². The number of hydrogen-bond donors (Lipinski definition) is 0. The van der Waals surface area contributed by atoms with Crippen molar-refractivity contribution in [1.29, 1.82) is 5.26 Å². The summed E-state index contributed by atoms with van der Waals surface area (Å²) < 4.78 is 25.1. The molecule has 0 bridgehead atoms. The number of ether oxygens (including phenoxy) is 2. The summed E-state index contributed by atoms with van der Waals surface area (Å²) in [5.41, 5.74) is 0.705. The van der Waals surface area contributed by atoms with Crippen LogP contribution >= 0.6 is 15.9 Å². The van der Waals surface area contributed by atoms with E-state index in [4.69, 9.17) is 14.7 Å². The first kappa shape index (κ1) is 14.4. The zero-order chi connectivity index (χ0) is 14.5. The molecule has 0 saturated heterocycles. The lowest BCUT2D eigenvalue weighted by atomic mass is 10.2. The van der Waals surface area contributed by atoms with E-state index in [1.54, 1.807) is 25.3 Å². The lowest BCUT2D eigenvalue weighted by Crippen LogP contribution is -2.01. The van der Waals surface area contributed by atoms with Crippen molar-refractivity contribution < 1.29 is 13.9 Å². The third-order valence-corrected chi connectivity index (χ3v) is 3.21. The maximum atomic E-state index is 13.5. The minimum Gasteiger partial charge on any atom is -0.496 e. The number of nitrogens with zero attached hydrogens (tertiary/aromatic N) is 1. The second kappa shape index (κ2) is 6.40. The summed E-state index contributed by atoms with van der Waals surface area (Å²) in [4.78, 5) is 0. The van der Waals surface area contributed by atoms with Gasteiger partial charge in [-0.25, -0.2) is 4.39 Å². The van der Waals surface area contributed by atoms with Crippen molar-refractivity contribution in [2.24, 2.45) is 0 Å². The van der Waals surface area contributed by atoms with Gasteiger partial charge in [0, 0.05) is 10.0 Å². The van der Waals surface area contributed by atoms with E-state index in [1.807, 2.05) is 12.1 Å². The molecule has 0 fully saturated rings. The molecule has 0 aromatic heterocycles. The largest absolute Gasteiger partial charge is 0.496 e. The Morgan fingerprint density at radius 1 is 1.25 bits per heavy atom. The van der Waals surface area contributed by atoms with Crippen LogP contribution in [0.4, 0.5) is 4.39 Å². The van der Waals surface area contributed by atoms with Gasteiger partial charge >= 0.3 is 0 Å². The Morgan fingerprint density at radius 3 is 2.75 bits per heavy atom. The summed E-state index contributed by atoms with van der Waals surface area (Å²) in [5, 5.41) is 8.94. The average Bonchev–Trinajstić information content (AvgIpc) is 2.45. The summed E-state index contributed by atoms with van der Waals surface area (Å²) in [7, 11) is 1.57. The molecule has 0 amide bonds. The Hall–Kier alpha value is -2.06. The van der Waals surface area contributed by atoms with Gasteiger partial charge in [-0.05, 0) is 30.3 Å². The summed E-state index contributed by atoms with van der Waals surface area (Å²) in [6, 6.07) is 11.6. The number of hydrogen-bond acceptors (Lipinski definition) is 3. The first-order valence-corrected chi connectivity index (χ1v) is 6.59. The Labute approximate surface area is 124 Å². The number of halogens is 2. The molecule has 0 aliphatic rings. The van der Waals surface area contributed by atoms with Gasteiger partial charge in [0.25, 0.3) is 0 Å². The number of rotatable bonds is 4. The molecule has 0 aliphatic carbocycles. The van der Waals surface area contributed by atoms with E-state index in [1.165, 1.54) is 12.1 Å². The van der Waals surface area contributed by atoms with Crippen LogP contribution in [0.5, 0.6) is 11.5 Å². The third-order valence-electron chi connectivity index (χ3n) is 2.71. The molecule has 5 heteroatoms. The van der Waals surface area contributed by atoms with Crippen LogP contribution in [0.3, 0.4) is 0 Å². The molecule has 102 valence electrons. The van der Waals surface area contributed by atoms with Crippen molar-refractivity contribution in [2.75, 3.05) is 7.11 Å². The molecule has 0 saturated carbocycles. The van der Waals surface area contributed by atoms with Crippen LogP contribution in [0.15, 0.2) is 40.9 Å². The topological polar surface area (TPSA) is 42.2 Å². The van der Waals surface area contributed by atoms with Crippen LogP contribution in [-0.4, -0.2) is 7.11 Å². The fraction of sp³-hybridized carbons (Fsp3) is 0.133. The van der Waals surface area contributed by atoms with Crippen molar-refractivity contribution in [3.8, 4) is 17.6 Å². The molecule has 20 heavy (non-hydrogen) atoms. The quantitative estimate of drug-likeness (QED) is 0.846. The van der Waals surface area contributed by atoms with E-state index in [9.17, 15) is 4.39 Å². The van der Waals surface area contributed by atoms with E-state index < -0.39 is 5.82 Å². The second-order valence-electron chi connectivity index (χ2n) is 3.97. The van der Waals surface area contributed by atoms with E-state index >= 15 is 0 Å². The fourth-order valence-electron chi connectivity index (χ4n) is 1.75. The van der Waals surface area contributed by atoms with E-state index in [0.29, 0.717) is 5.75 Å². The van der Waals surface area contributed by atoms with Gasteiger partial charge < -0.3 is 9.47 Å². The molecule has 0 atom stereocenters. The molecule has 0 spiro atoms. The Bertz CT molecular complexity index is 667. The maximum absolute atomic E-state index is 13.5. The highest BCUT2D eigenvalue weighted by molar-refractivity contribution is 9.10. The minimum absolute atomic E-state index is 0.0959. The predicted molar refractivity (Wildman–Crippen MR) is 76.1 cm³/mol. The molecule has 3 nitrogen and oxygen atoms in total. The first-order valence-electron chi connectivity index (χ1n) is 5.79. The molecular formula is C15H11BrFNO2. The van der Waals surface area contributed by atoms with Crippen LogP contribution in [0.1, 0.15) is 11.1 Å². The monoisotopic (exact) mass is 335 g/mol. The average molecular weight is 336 g/mol. The lowest BCUT2D eigenvalue weighted by Gasteiger charge is -2.11. The summed E-state index contributed by atoms with van der Waals surface area (Å²) in [5.74, 6) is 0.295. The van der Waals surface area contributed by atoms with Crippen LogP contribution < -0.4 is 9.47 Å². The fourth-order valence-corrected chi connectivity index (χ4v) is 2.16. The smallest absolute Gasteiger partial charge is 0.144 e. The molecule has 0 radical (unpaired) electrons. The molecule has 2 aromatic rings. The van der Waals surface area contributed by atoms with Gasteiger partial charge in [0.05, 0.1) is 7.11 Å². The first-order chi connectivity index (χ1) is 9.65. The Balaban J connectivity index is 2.24. The Morgan fingerprint density at radius 2 is 2.05 bits per heavy atom. The van der Waals surface area contributed by atoms with E-state index in [0.717, 1.165) is 10.0 Å². The van der Waals surface area contributed by atoms with Gasteiger partial charge in [-0.3, -0.25) is 0 Å². The highest BCUT2D eigenvalue weighted by Gasteiger charge is 2.10. The second-order valence-corrected chi connectivity index (χ2v) is 4.89. The highest BCUT2D eigenvalue weighted by atomic mass is 79.9.